The Bertz CT molecular complexity index is 476. The average molecular weight is 231 g/mol. The summed E-state index contributed by atoms with van der Waals surface area (Å²) in [6, 6.07) is 5.14. The Morgan fingerprint density at radius 1 is 1.47 bits per heavy atom. The maximum atomic E-state index is 9.59. The van der Waals surface area contributed by atoms with Gasteiger partial charge in [0.1, 0.15) is 17.1 Å². The molecule has 0 heterocycles. The van der Waals surface area contributed by atoms with Gasteiger partial charge in [0.15, 0.2) is 0 Å². The van der Waals surface area contributed by atoms with Crippen LogP contribution < -0.4 is 0 Å². The lowest BCUT2D eigenvalue weighted by atomic mass is 10.2. The highest BCUT2D eigenvalue weighted by molar-refractivity contribution is 5.95. The molecular formula is C13H17N3O. The van der Waals surface area contributed by atoms with Crippen molar-refractivity contribution in [3.05, 3.63) is 35.5 Å². The molecule has 0 radical (unpaired) electrons. The third-order valence-electron chi connectivity index (χ3n) is 2.18. The molecule has 0 bridgehead atoms. The quantitative estimate of drug-likeness (QED) is 0.594. The summed E-state index contributed by atoms with van der Waals surface area (Å²) in [5.41, 5.74) is 2.33. The van der Waals surface area contributed by atoms with Gasteiger partial charge in [-0.3, -0.25) is 0 Å². The molecule has 2 N–H and O–H groups in total. The number of benzene rings is 1. The molecule has 0 aromatic heterocycles. The van der Waals surface area contributed by atoms with Crippen LogP contribution in [0.1, 0.15) is 25.8 Å². The summed E-state index contributed by atoms with van der Waals surface area (Å²) in [6.45, 7) is 5.56. The van der Waals surface area contributed by atoms with Gasteiger partial charge in [-0.1, -0.05) is 19.1 Å². The molecule has 90 valence electrons. The van der Waals surface area contributed by atoms with Gasteiger partial charge < -0.3 is 10.5 Å². The summed E-state index contributed by atoms with van der Waals surface area (Å²) < 4.78 is 0. The Hall–Kier alpha value is -1.97. The summed E-state index contributed by atoms with van der Waals surface area (Å²) in [5.74, 6) is 0.0952. The number of aryl methyl sites for hydroxylation is 1. The first-order valence-electron chi connectivity index (χ1n) is 5.51. The average Bonchev–Trinajstić information content (AvgIpc) is 2.28. The molecule has 0 aliphatic carbocycles. The minimum Gasteiger partial charge on any atom is -0.506 e. The van der Waals surface area contributed by atoms with Crippen molar-refractivity contribution in [2.45, 2.75) is 27.2 Å². The number of rotatable bonds is 4. The number of nitrogens with zero attached hydrogens (tertiary/aromatic N) is 2. The lowest BCUT2D eigenvalue weighted by molar-refractivity contribution is 0.476. The van der Waals surface area contributed by atoms with E-state index in [0.29, 0.717) is 17.1 Å². The van der Waals surface area contributed by atoms with Crippen molar-refractivity contribution in [3.63, 3.8) is 0 Å². The second-order valence-corrected chi connectivity index (χ2v) is 3.81. The molecule has 0 aliphatic heterocycles. The molecule has 1 aromatic carbocycles. The van der Waals surface area contributed by atoms with Crippen LogP contribution in [0.3, 0.4) is 0 Å². The van der Waals surface area contributed by atoms with E-state index in [2.05, 4.69) is 10.2 Å². The van der Waals surface area contributed by atoms with E-state index in [0.717, 1.165) is 12.0 Å². The molecule has 0 atom stereocenters. The van der Waals surface area contributed by atoms with Crippen LogP contribution in [0, 0.1) is 12.3 Å². The minimum absolute atomic E-state index is 0.0952. The maximum Gasteiger partial charge on any atom is 0.143 e. The van der Waals surface area contributed by atoms with Crippen LogP contribution in [0.25, 0.3) is 0 Å². The van der Waals surface area contributed by atoms with Crippen molar-refractivity contribution < 1.29 is 5.11 Å². The molecule has 0 aliphatic rings. The number of phenolic OH excluding ortho intramolecular Hbond substituents is 1. The molecule has 17 heavy (non-hydrogen) atoms. The second-order valence-electron chi connectivity index (χ2n) is 3.81. The number of aromatic hydroxyl groups is 1. The summed E-state index contributed by atoms with van der Waals surface area (Å²) in [6.07, 6.45) is 2.63. The van der Waals surface area contributed by atoms with Gasteiger partial charge in [0.25, 0.3) is 0 Å². The summed E-state index contributed by atoms with van der Waals surface area (Å²) in [4.78, 5) is 0. The zero-order valence-corrected chi connectivity index (χ0v) is 10.4. The van der Waals surface area contributed by atoms with Gasteiger partial charge in [-0.15, -0.1) is 10.2 Å². The van der Waals surface area contributed by atoms with Crippen molar-refractivity contribution in [2.24, 2.45) is 10.2 Å². The molecule has 0 amide bonds. The number of hydrogen-bond acceptors (Lipinski definition) is 4. The zero-order valence-electron chi connectivity index (χ0n) is 10.4. The zero-order chi connectivity index (χ0) is 12.8. The van der Waals surface area contributed by atoms with E-state index in [9.17, 15) is 5.11 Å². The third kappa shape index (κ3) is 3.83. The fraction of sp³-hybridized carbons (Fsp3) is 0.308. The van der Waals surface area contributed by atoms with Crippen LogP contribution in [0.4, 0.5) is 5.69 Å². The SMILES string of the molecule is CC/C=C(/N=Nc1cc(C)ccc1O)C(C)=N. The maximum absolute atomic E-state index is 9.59. The van der Waals surface area contributed by atoms with Gasteiger partial charge >= 0.3 is 0 Å². The number of hydrogen-bond donors (Lipinski definition) is 2. The van der Waals surface area contributed by atoms with E-state index in [1.54, 1.807) is 25.1 Å². The largest absolute Gasteiger partial charge is 0.506 e. The van der Waals surface area contributed by atoms with Crippen LogP contribution in [-0.4, -0.2) is 10.8 Å². The van der Waals surface area contributed by atoms with Crippen molar-refractivity contribution in [1.29, 1.82) is 5.41 Å². The number of azo groups is 1. The fourth-order valence-corrected chi connectivity index (χ4v) is 1.28. The van der Waals surface area contributed by atoms with Gasteiger partial charge in [0, 0.05) is 0 Å². The highest BCUT2D eigenvalue weighted by Crippen LogP contribution is 2.27. The lowest BCUT2D eigenvalue weighted by Gasteiger charge is -2.00. The first-order valence-corrected chi connectivity index (χ1v) is 5.51. The third-order valence-corrected chi connectivity index (χ3v) is 2.18. The van der Waals surface area contributed by atoms with Crippen molar-refractivity contribution in [3.8, 4) is 5.75 Å². The topological polar surface area (TPSA) is 68.8 Å². The predicted octanol–water partition coefficient (Wildman–Crippen LogP) is 4.12. The van der Waals surface area contributed by atoms with E-state index in [-0.39, 0.29) is 5.75 Å². The molecule has 0 fully saturated rings. The molecule has 4 heteroatoms. The van der Waals surface area contributed by atoms with Crippen molar-refractivity contribution >= 4 is 11.4 Å². The minimum atomic E-state index is 0.0952. The molecular weight excluding hydrogens is 214 g/mol. The normalized spacial score (nSPS) is 12.1. The Balaban J connectivity index is 3.00. The first kappa shape index (κ1) is 13.1. The molecule has 0 unspecified atom stereocenters. The van der Waals surface area contributed by atoms with Crippen LogP contribution in [0.5, 0.6) is 5.75 Å². The number of phenols is 1. The van der Waals surface area contributed by atoms with Crippen LogP contribution in [0.2, 0.25) is 0 Å². The molecule has 1 aromatic rings. The van der Waals surface area contributed by atoms with Crippen molar-refractivity contribution in [2.75, 3.05) is 0 Å². The Morgan fingerprint density at radius 2 is 2.18 bits per heavy atom. The van der Waals surface area contributed by atoms with E-state index >= 15 is 0 Å². The fourth-order valence-electron chi connectivity index (χ4n) is 1.28. The highest BCUT2D eigenvalue weighted by Gasteiger charge is 2.01. The summed E-state index contributed by atoms with van der Waals surface area (Å²) >= 11 is 0. The lowest BCUT2D eigenvalue weighted by Crippen LogP contribution is -1.90. The van der Waals surface area contributed by atoms with Crippen molar-refractivity contribution in [1.82, 2.24) is 0 Å². The Kier molecular flexibility index (Phi) is 4.57. The van der Waals surface area contributed by atoms with Crippen LogP contribution in [-0.2, 0) is 0 Å². The smallest absolute Gasteiger partial charge is 0.143 e. The molecule has 1 rings (SSSR count). The Morgan fingerprint density at radius 3 is 2.76 bits per heavy atom. The van der Waals surface area contributed by atoms with E-state index in [1.807, 2.05) is 19.9 Å². The Labute approximate surface area is 101 Å². The van der Waals surface area contributed by atoms with Gasteiger partial charge in [-0.2, -0.15) is 0 Å². The molecule has 0 saturated carbocycles. The van der Waals surface area contributed by atoms with E-state index in [1.165, 1.54) is 0 Å². The summed E-state index contributed by atoms with van der Waals surface area (Å²) in [7, 11) is 0. The van der Waals surface area contributed by atoms with E-state index in [4.69, 9.17) is 5.41 Å². The van der Waals surface area contributed by atoms with Gasteiger partial charge in [-0.05, 0) is 38.0 Å². The van der Waals surface area contributed by atoms with Crippen LogP contribution >= 0.6 is 0 Å². The second kappa shape index (κ2) is 5.94. The standard InChI is InChI=1S/C13H17N3O/c1-4-5-11(10(3)14)15-16-12-8-9(2)6-7-13(12)17/h5-8,14,17H,4H2,1-3H3/b11-5+,14-10?,16-15?. The first-order chi connectivity index (χ1) is 8.04. The van der Waals surface area contributed by atoms with Crippen LogP contribution in [0.15, 0.2) is 40.2 Å². The van der Waals surface area contributed by atoms with Gasteiger partial charge in [0.05, 0.1) is 5.71 Å². The number of allylic oxidation sites excluding steroid dienone is 2. The monoisotopic (exact) mass is 231 g/mol. The van der Waals surface area contributed by atoms with Gasteiger partial charge in [-0.25, -0.2) is 0 Å². The highest BCUT2D eigenvalue weighted by atomic mass is 16.3. The van der Waals surface area contributed by atoms with E-state index < -0.39 is 0 Å². The molecule has 0 spiro atoms. The number of nitrogens with one attached hydrogen (secondary N) is 1. The van der Waals surface area contributed by atoms with Gasteiger partial charge in [0.2, 0.25) is 0 Å². The molecule has 0 saturated heterocycles. The summed E-state index contributed by atoms with van der Waals surface area (Å²) in [5, 5.41) is 25.1. The predicted molar refractivity (Wildman–Crippen MR) is 69.1 cm³/mol. The molecule has 4 nitrogen and oxygen atoms in total.